The maximum absolute atomic E-state index is 12.6. The van der Waals surface area contributed by atoms with Crippen LogP contribution in [0.2, 0.25) is 0 Å². The summed E-state index contributed by atoms with van der Waals surface area (Å²) in [7, 11) is 0. The number of nitrogens with two attached hydrogens (primary N) is 1. The molecule has 0 bridgehead atoms. The molecule has 1 aliphatic heterocycles. The summed E-state index contributed by atoms with van der Waals surface area (Å²) in [5, 5.41) is 8.81. The molecular weight excluding hydrogens is 354 g/mol. The molecule has 1 saturated heterocycles. The predicted molar refractivity (Wildman–Crippen MR) is 108 cm³/mol. The molecule has 2 amide bonds. The third-order valence-electron chi connectivity index (χ3n) is 4.93. The molecule has 3 rings (SSSR count). The van der Waals surface area contributed by atoms with Crippen molar-refractivity contribution in [3.8, 4) is 11.8 Å². The lowest BCUT2D eigenvalue weighted by Crippen LogP contribution is -2.33. The van der Waals surface area contributed by atoms with Crippen LogP contribution in [0.1, 0.15) is 25.3 Å². The first kappa shape index (κ1) is 19.5. The van der Waals surface area contributed by atoms with Gasteiger partial charge in [0.2, 0.25) is 0 Å². The summed E-state index contributed by atoms with van der Waals surface area (Å²) in [6, 6.07) is 12.8. The van der Waals surface area contributed by atoms with E-state index in [4.69, 9.17) is 15.7 Å². The Balaban J connectivity index is 1.40. The minimum absolute atomic E-state index is 0.0200. The van der Waals surface area contributed by atoms with Crippen LogP contribution in [0.3, 0.4) is 0 Å². The van der Waals surface area contributed by atoms with Gasteiger partial charge in [-0.1, -0.05) is 6.92 Å². The smallest absolute Gasteiger partial charge is 0.324 e. The van der Waals surface area contributed by atoms with E-state index in [9.17, 15) is 4.79 Å². The standard InChI is InChI=1S/C21H25N5O2/c1-16(8-13-28-19-4-2-17(15-22)3-5-19)7-10-25-11-12-26(21(25)27)18-6-9-24-20(23)14-18/h2-6,9,14,16H,7-8,10-13H2,1H3,(H2,23,24). The minimum atomic E-state index is 0.0200. The number of carbonyl (C=O) groups excluding carboxylic acids is 1. The van der Waals surface area contributed by atoms with Gasteiger partial charge >= 0.3 is 6.03 Å². The lowest BCUT2D eigenvalue weighted by molar-refractivity contribution is 0.214. The summed E-state index contributed by atoms with van der Waals surface area (Å²) in [6.45, 7) is 4.90. The van der Waals surface area contributed by atoms with Gasteiger partial charge in [0.05, 0.1) is 23.9 Å². The van der Waals surface area contributed by atoms with Crippen LogP contribution in [0.15, 0.2) is 42.6 Å². The fraction of sp³-hybridized carbons (Fsp3) is 0.381. The number of ether oxygens (including phenoxy) is 1. The Kier molecular flexibility index (Phi) is 6.33. The number of benzene rings is 1. The molecule has 2 aromatic rings. The van der Waals surface area contributed by atoms with Crippen molar-refractivity contribution in [3.63, 3.8) is 0 Å². The first-order valence-electron chi connectivity index (χ1n) is 9.48. The monoisotopic (exact) mass is 379 g/mol. The lowest BCUT2D eigenvalue weighted by atomic mass is 10.0. The van der Waals surface area contributed by atoms with Gasteiger partial charge in [-0.3, -0.25) is 4.90 Å². The Morgan fingerprint density at radius 2 is 2.04 bits per heavy atom. The Hall–Kier alpha value is -3.27. The highest BCUT2D eigenvalue weighted by Crippen LogP contribution is 2.22. The molecule has 146 valence electrons. The van der Waals surface area contributed by atoms with Crippen LogP contribution in [0.25, 0.3) is 0 Å². The maximum atomic E-state index is 12.6. The van der Waals surface area contributed by atoms with E-state index in [1.165, 1.54) is 0 Å². The summed E-state index contributed by atoms with van der Waals surface area (Å²) >= 11 is 0. The fourth-order valence-corrected chi connectivity index (χ4v) is 3.16. The van der Waals surface area contributed by atoms with Crippen LogP contribution in [0, 0.1) is 17.2 Å². The highest BCUT2D eigenvalue weighted by atomic mass is 16.5. The summed E-state index contributed by atoms with van der Waals surface area (Å²) in [6.07, 6.45) is 3.46. The second kappa shape index (κ2) is 9.09. The van der Waals surface area contributed by atoms with E-state index in [0.717, 1.165) is 37.4 Å². The SMILES string of the molecule is CC(CCOc1ccc(C#N)cc1)CCN1CCN(c2ccnc(N)c2)C1=O. The molecule has 1 unspecified atom stereocenters. The molecule has 0 spiro atoms. The number of pyridine rings is 1. The summed E-state index contributed by atoms with van der Waals surface area (Å²) in [4.78, 5) is 20.2. The molecule has 28 heavy (non-hydrogen) atoms. The molecule has 1 aliphatic rings. The first-order chi connectivity index (χ1) is 13.6. The van der Waals surface area contributed by atoms with Gasteiger partial charge in [0, 0.05) is 31.9 Å². The predicted octanol–water partition coefficient (Wildman–Crippen LogP) is 3.27. The maximum Gasteiger partial charge on any atom is 0.324 e. The molecule has 0 radical (unpaired) electrons. The first-order valence-corrected chi connectivity index (χ1v) is 9.48. The summed E-state index contributed by atoms with van der Waals surface area (Å²) in [5.41, 5.74) is 7.14. The van der Waals surface area contributed by atoms with Crippen molar-refractivity contribution in [2.24, 2.45) is 5.92 Å². The Morgan fingerprint density at radius 1 is 1.25 bits per heavy atom. The zero-order valence-corrected chi connectivity index (χ0v) is 16.0. The van der Waals surface area contributed by atoms with Gasteiger partial charge in [-0.25, -0.2) is 9.78 Å². The molecule has 7 nitrogen and oxygen atoms in total. The second-order valence-electron chi connectivity index (χ2n) is 7.03. The molecule has 0 saturated carbocycles. The van der Waals surface area contributed by atoms with Gasteiger partial charge in [0.15, 0.2) is 0 Å². The van der Waals surface area contributed by atoms with E-state index in [1.807, 2.05) is 17.0 Å². The number of aromatic nitrogens is 1. The van der Waals surface area contributed by atoms with E-state index >= 15 is 0 Å². The number of nitrogen functional groups attached to an aromatic ring is 1. The highest BCUT2D eigenvalue weighted by molar-refractivity contribution is 5.94. The van der Waals surface area contributed by atoms with Crippen LogP contribution in [-0.2, 0) is 0 Å². The van der Waals surface area contributed by atoms with E-state index in [-0.39, 0.29) is 6.03 Å². The number of rotatable bonds is 8. The Morgan fingerprint density at radius 3 is 2.75 bits per heavy atom. The highest BCUT2D eigenvalue weighted by Gasteiger charge is 2.29. The minimum Gasteiger partial charge on any atom is -0.494 e. The van der Waals surface area contributed by atoms with Crippen molar-refractivity contribution in [2.45, 2.75) is 19.8 Å². The topological polar surface area (TPSA) is 95.5 Å². The fourth-order valence-electron chi connectivity index (χ4n) is 3.16. The number of urea groups is 1. The van der Waals surface area contributed by atoms with Crippen molar-refractivity contribution in [1.82, 2.24) is 9.88 Å². The normalized spacial score (nSPS) is 14.8. The number of nitriles is 1. The van der Waals surface area contributed by atoms with Gasteiger partial charge in [-0.05, 0) is 49.1 Å². The van der Waals surface area contributed by atoms with Gasteiger partial charge in [-0.15, -0.1) is 0 Å². The number of hydrogen-bond donors (Lipinski definition) is 1. The molecule has 7 heteroatoms. The third-order valence-corrected chi connectivity index (χ3v) is 4.93. The number of nitrogens with zero attached hydrogens (tertiary/aromatic N) is 4. The molecule has 0 aliphatic carbocycles. The van der Waals surface area contributed by atoms with Crippen molar-refractivity contribution < 1.29 is 9.53 Å². The van der Waals surface area contributed by atoms with Gasteiger partial charge < -0.3 is 15.4 Å². The summed E-state index contributed by atoms with van der Waals surface area (Å²) < 4.78 is 5.74. The molecule has 2 heterocycles. The van der Waals surface area contributed by atoms with E-state index in [0.29, 0.717) is 30.5 Å². The number of anilines is 2. The Labute approximate surface area is 165 Å². The molecule has 1 aromatic carbocycles. The number of hydrogen-bond acceptors (Lipinski definition) is 5. The zero-order chi connectivity index (χ0) is 19.9. The molecule has 2 N–H and O–H groups in total. The van der Waals surface area contributed by atoms with Crippen molar-refractivity contribution in [1.29, 1.82) is 5.26 Å². The zero-order valence-electron chi connectivity index (χ0n) is 16.0. The van der Waals surface area contributed by atoms with Crippen molar-refractivity contribution in [2.75, 3.05) is 36.9 Å². The van der Waals surface area contributed by atoms with Crippen LogP contribution in [-0.4, -0.2) is 42.2 Å². The van der Waals surface area contributed by atoms with E-state index in [2.05, 4.69) is 18.0 Å². The van der Waals surface area contributed by atoms with Gasteiger partial charge in [-0.2, -0.15) is 5.26 Å². The van der Waals surface area contributed by atoms with Crippen LogP contribution >= 0.6 is 0 Å². The van der Waals surface area contributed by atoms with Crippen LogP contribution < -0.4 is 15.4 Å². The van der Waals surface area contributed by atoms with Gasteiger partial charge in [0.25, 0.3) is 0 Å². The third kappa shape index (κ3) is 4.92. The van der Waals surface area contributed by atoms with Crippen molar-refractivity contribution >= 4 is 17.5 Å². The second-order valence-corrected chi connectivity index (χ2v) is 7.03. The lowest BCUT2D eigenvalue weighted by Gasteiger charge is -2.20. The molecule has 1 aromatic heterocycles. The van der Waals surface area contributed by atoms with Crippen molar-refractivity contribution in [3.05, 3.63) is 48.2 Å². The van der Waals surface area contributed by atoms with Crippen LogP contribution in [0.5, 0.6) is 5.75 Å². The van der Waals surface area contributed by atoms with E-state index < -0.39 is 0 Å². The largest absolute Gasteiger partial charge is 0.494 e. The molecule has 1 fully saturated rings. The number of amides is 2. The molecule has 1 atom stereocenters. The average Bonchev–Trinajstić information content (AvgIpc) is 3.07. The van der Waals surface area contributed by atoms with Crippen LogP contribution in [0.4, 0.5) is 16.3 Å². The quantitative estimate of drug-likeness (QED) is 0.759. The van der Waals surface area contributed by atoms with E-state index in [1.54, 1.807) is 35.4 Å². The average molecular weight is 379 g/mol. The van der Waals surface area contributed by atoms with Gasteiger partial charge in [0.1, 0.15) is 11.6 Å². The molecular formula is C21H25N5O2. The Bertz CT molecular complexity index is 847. The summed E-state index contributed by atoms with van der Waals surface area (Å²) in [5.74, 6) is 1.63. The number of carbonyl (C=O) groups is 1.